The molecule has 3 rings (SSSR count). The summed E-state index contributed by atoms with van der Waals surface area (Å²) >= 11 is 0. The average Bonchev–Trinajstić information content (AvgIpc) is 2.73. The molecule has 3 aromatic rings. The van der Waals surface area contributed by atoms with E-state index >= 15 is 0 Å². The number of hydrogen-bond acceptors (Lipinski definition) is 5. The molecule has 1 N–H and O–H groups in total. The number of aromatic nitrogens is 1. The zero-order valence-corrected chi connectivity index (χ0v) is 17.5. The lowest BCUT2D eigenvalue weighted by Crippen LogP contribution is -2.29. The van der Waals surface area contributed by atoms with Gasteiger partial charge in [-0.3, -0.25) is 14.1 Å². The highest BCUT2D eigenvalue weighted by Gasteiger charge is 2.19. The molecule has 0 saturated carbocycles. The molecule has 8 heteroatoms. The fraction of sp³-hybridized carbons (Fsp3) is 0.136. The van der Waals surface area contributed by atoms with Crippen LogP contribution in [0.5, 0.6) is 0 Å². The number of carbonyl (C=O) groups is 1. The molecule has 30 heavy (non-hydrogen) atoms. The Morgan fingerprint density at radius 3 is 2.47 bits per heavy atom. The molecule has 1 aromatic heterocycles. The van der Waals surface area contributed by atoms with E-state index in [2.05, 4.69) is 15.5 Å². The minimum atomic E-state index is -3.51. The number of anilines is 1. The molecule has 1 heterocycles. The number of nitrogens with one attached hydrogen (secondary N) is 1. The molecule has 0 saturated heterocycles. The summed E-state index contributed by atoms with van der Waals surface area (Å²) in [6.07, 6.45) is 5.93. The SMILES string of the molecule is Cc1ccccc1CN(c1ccc(C(=O)N/N=C\c2cccnc2)cc1)S(C)(=O)=O. The van der Waals surface area contributed by atoms with Crippen LogP contribution in [0.1, 0.15) is 27.0 Å². The van der Waals surface area contributed by atoms with Gasteiger partial charge in [0.2, 0.25) is 10.0 Å². The monoisotopic (exact) mass is 422 g/mol. The highest BCUT2D eigenvalue weighted by molar-refractivity contribution is 7.92. The van der Waals surface area contributed by atoms with Crippen LogP contribution in [0, 0.1) is 6.92 Å². The van der Waals surface area contributed by atoms with Crippen molar-refractivity contribution >= 4 is 27.8 Å². The summed E-state index contributed by atoms with van der Waals surface area (Å²) in [6.45, 7) is 2.15. The molecule has 0 aliphatic carbocycles. The molecule has 0 unspecified atom stereocenters. The first kappa shape index (κ1) is 21.2. The lowest BCUT2D eigenvalue weighted by atomic mass is 10.1. The standard InChI is InChI=1S/C22H22N4O3S/c1-17-6-3-4-8-20(17)16-26(30(2,28)29)21-11-9-19(10-12-21)22(27)25-24-15-18-7-5-13-23-14-18/h3-15H,16H2,1-2H3,(H,25,27)/b24-15-. The first-order chi connectivity index (χ1) is 14.3. The Kier molecular flexibility index (Phi) is 6.58. The maximum atomic E-state index is 12.4. The van der Waals surface area contributed by atoms with Crippen molar-refractivity contribution in [2.24, 2.45) is 5.10 Å². The van der Waals surface area contributed by atoms with Crippen LogP contribution >= 0.6 is 0 Å². The van der Waals surface area contributed by atoms with Crippen molar-refractivity contribution in [3.63, 3.8) is 0 Å². The number of nitrogens with zero attached hydrogens (tertiary/aromatic N) is 3. The summed E-state index contributed by atoms with van der Waals surface area (Å²) in [4.78, 5) is 16.2. The lowest BCUT2D eigenvalue weighted by molar-refractivity contribution is 0.0955. The molecule has 0 radical (unpaired) electrons. The number of sulfonamides is 1. The molecule has 0 spiro atoms. The minimum Gasteiger partial charge on any atom is -0.267 e. The fourth-order valence-corrected chi connectivity index (χ4v) is 3.68. The van der Waals surface area contributed by atoms with Crippen molar-refractivity contribution < 1.29 is 13.2 Å². The number of aryl methyl sites for hydroxylation is 1. The van der Waals surface area contributed by atoms with Gasteiger partial charge in [0, 0.05) is 23.5 Å². The summed E-state index contributed by atoms with van der Waals surface area (Å²) in [5.74, 6) is -0.397. The predicted molar refractivity (Wildman–Crippen MR) is 118 cm³/mol. The van der Waals surface area contributed by atoms with E-state index in [-0.39, 0.29) is 6.54 Å². The van der Waals surface area contributed by atoms with Gasteiger partial charge in [0.05, 0.1) is 24.7 Å². The topological polar surface area (TPSA) is 91.7 Å². The first-order valence-electron chi connectivity index (χ1n) is 9.20. The van der Waals surface area contributed by atoms with Gasteiger partial charge in [-0.2, -0.15) is 5.10 Å². The van der Waals surface area contributed by atoms with Crippen molar-refractivity contribution in [2.45, 2.75) is 13.5 Å². The molecule has 2 aromatic carbocycles. The van der Waals surface area contributed by atoms with Gasteiger partial charge in [-0.1, -0.05) is 30.3 Å². The molecule has 0 aliphatic rings. The van der Waals surface area contributed by atoms with E-state index in [1.54, 1.807) is 42.7 Å². The van der Waals surface area contributed by atoms with E-state index in [1.165, 1.54) is 16.8 Å². The molecule has 1 amide bonds. The molecular formula is C22H22N4O3S. The zero-order valence-electron chi connectivity index (χ0n) is 16.7. The second kappa shape index (κ2) is 9.32. The molecule has 154 valence electrons. The third-order valence-corrected chi connectivity index (χ3v) is 5.60. The second-order valence-electron chi connectivity index (χ2n) is 6.73. The van der Waals surface area contributed by atoms with Crippen LogP contribution in [0.4, 0.5) is 5.69 Å². The van der Waals surface area contributed by atoms with E-state index in [0.29, 0.717) is 11.3 Å². The van der Waals surface area contributed by atoms with Crippen LogP contribution in [0.3, 0.4) is 0 Å². The highest BCUT2D eigenvalue weighted by atomic mass is 32.2. The third kappa shape index (κ3) is 5.51. The summed E-state index contributed by atoms with van der Waals surface area (Å²) in [5.41, 5.74) is 5.97. The van der Waals surface area contributed by atoms with Gasteiger partial charge in [0.1, 0.15) is 0 Å². The van der Waals surface area contributed by atoms with Crippen molar-refractivity contribution in [3.05, 3.63) is 95.3 Å². The van der Waals surface area contributed by atoms with Gasteiger partial charge in [-0.05, 0) is 48.4 Å². The highest BCUT2D eigenvalue weighted by Crippen LogP contribution is 2.22. The van der Waals surface area contributed by atoms with E-state index < -0.39 is 15.9 Å². The lowest BCUT2D eigenvalue weighted by Gasteiger charge is -2.23. The molecule has 0 atom stereocenters. The van der Waals surface area contributed by atoms with Gasteiger partial charge in [-0.15, -0.1) is 0 Å². The summed E-state index contributed by atoms with van der Waals surface area (Å²) in [7, 11) is -3.51. The molecule has 0 aliphatic heterocycles. The number of pyridine rings is 1. The number of benzene rings is 2. The number of hydrogen-bond donors (Lipinski definition) is 1. The molecular weight excluding hydrogens is 400 g/mol. The Balaban J connectivity index is 1.74. The normalized spacial score (nSPS) is 11.4. The van der Waals surface area contributed by atoms with Crippen molar-refractivity contribution in [1.29, 1.82) is 0 Å². The first-order valence-corrected chi connectivity index (χ1v) is 11.0. The van der Waals surface area contributed by atoms with Gasteiger partial charge < -0.3 is 0 Å². The maximum absolute atomic E-state index is 12.4. The summed E-state index contributed by atoms with van der Waals surface area (Å²) < 4.78 is 26.0. The Morgan fingerprint density at radius 1 is 1.10 bits per heavy atom. The van der Waals surface area contributed by atoms with Crippen LogP contribution in [-0.4, -0.2) is 31.8 Å². The average molecular weight is 423 g/mol. The van der Waals surface area contributed by atoms with Crippen molar-refractivity contribution in [2.75, 3.05) is 10.6 Å². The smallest absolute Gasteiger partial charge is 0.267 e. The second-order valence-corrected chi connectivity index (χ2v) is 8.64. The molecule has 0 fully saturated rings. The fourth-order valence-electron chi connectivity index (χ4n) is 2.80. The predicted octanol–water partition coefficient (Wildman–Crippen LogP) is 3.12. The largest absolute Gasteiger partial charge is 0.271 e. The van der Waals surface area contributed by atoms with Crippen LogP contribution in [0.25, 0.3) is 0 Å². The minimum absolute atomic E-state index is 0.215. The Labute approximate surface area is 176 Å². The Morgan fingerprint density at radius 2 is 1.83 bits per heavy atom. The van der Waals surface area contributed by atoms with Crippen LogP contribution in [-0.2, 0) is 16.6 Å². The van der Waals surface area contributed by atoms with Gasteiger partial charge in [-0.25, -0.2) is 13.8 Å². The number of hydrazone groups is 1. The zero-order chi connectivity index (χ0) is 21.6. The van der Waals surface area contributed by atoms with Crippen molar-refractivity contribution in [3.8, 4) is 0 Å². The quantitative estimate of drug-likeness (QED) is 0.468. The number of rotatable bonds is 7. The van der Waals surface area contributed by atoms with Gasteiger partial charge >= 0.3 is 0 Å². The van der Waals surface area contributed by atoms with Gasteiger partial charge in [0.15, 0.2) is 0 Å². The molecule has 0 bridgehead atoms. The third-order valence-electron chi connectivity index (χ3n) is 4.46. The molecule has 7 nitrogen and oxygen atoms in total. The summed E-state index contributed by atoms with van der Waals surface area (Å²) in [5, 5.41) is 3.91. The van der Waals surface area contributed by atoms with Crippen LogP contribution in [0.15, 0.2) is 78.2 Å². The van der Waals surface area contributed by atoms with Crippen molar-refractivity contribution in [1.82, 2.24) is 10.4 Å². The maximum Gasteiger partial charge on any atom is 0.271 e. The van der Waals surface area contributed by atoms with Crippen LogP contribution < -0.4 is 9.73 Å². The van der Waals surface area contributed by atoms with Gasteiger partial charge in [0.25, 0.3) is 5.91 Å². The van der Waals surface area contributed by atoms with E-state index in [0.717, 1.165) is 16.7 Å². The summed E-state index contributed by atoms with van der Waals surface area (Å²) in [6, 6.07) is 17.6. The van der Waals surface area contributed by atoms with E-state index in [4.69, 9.17) is 0 Å². The Bertz CT molecular complexity index is 1140. The van der Waals surface area contributed by atoms with E-state index in [9.17, 15) is 13.2 Å². The van der Waals surface area contributed by atoms with E-state index in [1.807, 2.05) is 37.3 Å². The Hall–Kier alpha value is -3.52. The van der Waals surface area contributed by atoms with Crippen LogP contribution in [0.2, 0.25) is 0 Å². The number of carbonyl (C=O) groups excluding carboxylic acids is 1. The number of amides is 1.